The lowest BCUT2D eigenvalue weighted by Gasteiger charge is -2.15. The first-order valence-corrected chi connectivity index (χ1v) is 10.0. The zero-order valence-corrected chi connectivity index (χ0v) is 16.9. The summed E-state index contributed by atoms with van der Waals surface area (Å²) in [7, 11) is 0. The Morgan fingerprint density at radius 3 is 2.42 bits per heavy atom. The number of rotatable bonds is 6. The van der Waals surface area contributed by atoms with E-state index >= 15 is 0 Å². The molecule has 0 saturated carbocycles. The van der Waals surface area contributed by atoms with Crippen LogP contribution in [0.3, 0.4) is 0 Å². The van der Waals surface area contributed by atoms with Gasteiger partial charge in [-0.2, -0.15) is 0 Å². The molecule has 0 aliphatic rings. The maximum absolute atomic E-state index is 13.5. The molecule has 0 unspecified atom stereocenters. The molecule has 0 bridgehead atoms. The maximum Gasteiger partial charge on any atom is 0.293 e. The molecule has 0 saturated heterocycles. The van der Waals surface area contributed by atoms with E-state index in [9.17, 15) is 14.0 Å². The lowest BCUT2D eigenvalue weighted by molar-refractivity contribution is -0.117. The molecule has 3 aromatic carbocycles. The fourth-order valence-corrected chi connectivity index (χ4v) is 3.55. The minimum Gasteiger partial charge on any atom is -0.449 e. The third kappa shape index (κ3) is 4.33. The number of hydrogen-bond acceptors (Lipinski definition) is 3. The van der Waals surface area contributed by atoms with E-state index in [1.165, 1.54) is 18.2 Å². The van der Waals surface area contributed by atoms with Crippen molar-refractivity contribution in [3.05, 3.63) is 96.0 Å². The summed E-state index contributed by atoms with van der Waals surface area (Å²) < 4.78 is 19.3. The molecule has 5 nitrogen and oxygen atoms in total. The SMILES string of the molecule is CC[C@H](C(=O)Nc1c(C(=O)Nc2cccc(F)c2)oc2ccccc12)c1ccccc1. The number of carbonyl (C=O) groups is 2. The van der Waals surface area contributed by atoms with Crippen LogP contribution in [0.4, 0.5) is 15.8 Å². The van der Waals surface area contributed by atoms with E-state index in [1.807, 2.05) is 37.3 Å². The topological polar surface area (TPSA) is 71.3 Å². The summed E-state index contributed by atoms with van der Waals surface area (Å²) in [6.07, 6.45) is 0.594. The minimum atomic E-state index is -0.579. The highest BCUT2D eigenvalue weighted by Crippen LogP contribution is 2.33. The molecule has 31 heavy (non-hydrogen) atoms. The molecule has 0 fully saturated rings. The minimum absolute atomic E-state index is 0.0401. The first-order valence-electron chi connectivity index (χ1n) is 10.0. The summed E-state index contributed by atoms with van der Waals surface area (Å²) in [5.41, 5.74) is 1.94. The second-order valence-corrected chi connectivity index (χ2v) is 7.13. The average Bonchev–Trinajstić information content (AvgIpc) is 3.14. The standard InChI is InChI=1S/C25H21FN2O3/c1-2-19(16-9-4-3-5-10-16)24(29)28-22-20-13-6-7-14-21(20)31-23(22)25(30)27-18-12-8-11-17(26)15-18/h3-15,19H,2H2,1H3,(H,27,30)(H,28,29)/t19-/m0/s1. The highest BCUT2D eigenvalue weighted by atomic mass is 19.1. The van der Waals surface area contributed by atoms with E-state index in [0.29, 0.717) is 28.8 Å². The van der Waals surface area contributed by atoms with Crippen LogP contribution >= 0.6 is 0 Å². The molecule has 1 aromatic heterocycles. The van der Waals surface area contributed by atoms with E-state index in [0.717, 1.165) is 5.56 Å². The van der Waals surface area contributed by atoms with Gasteiger partial charge in [-0.05, 0) is 42.3 Å². The Morgan fingerprint density at radius 1 is 0.935 bits per heavy atom. The van der Waals surface area contributed by atoms with Crippen molar-refractivity contribution in [3.8, 4) is 0 Å². The number of amides is 2. The highest BCUT2D eigenvalue weighted by molar-refractivity contribution is 6.15. The fourth-order valence-electron chi connectivity index (χ4n) is 3.55. The number of hydrogen-bond donors (Lipinski definition) is 2. The monoisotopic (exact) mass is 416 g/mol. The Kier molecular flexibility index (Phi) is 5.80. The molecular weight excluding hydrogens is 395 g/mol. The normalized spacial score (nSPS) is 11.8. The molecule has 156 valence electrons. The molecule has 0 spiro atoms. The van der Waals surface area contributed by atoms with Crippen LogP contribution < -0.4 is 10.6 Å². The van der Waals surface area contributed by atoms with Gasteiger partial charge in [0.05, 0.1) is 5.92 Å². The Bertz CT molecular complexity index is 1230. The summed E-state index contributed by atoms with van der Waals surface area (Å²) in [4.78, 5) is 26.1. The molecule has 4 rings (SSSR count). The molecule has 1 heterocycles. The van der Waals surface area contributed by atoms with Crippen molar-refractivity contribution in [1.82, 2.24) is 0 Å². The molecule has 0 aliphatic heterocycles. The molecule has 2 amide bonds. The molecule has 4 aromatic rings. The van der Waals surface area contributed by atoms with E-state index in [1.54, 1.807) is 30.3 Å². The van der Waals surface area contributed by atoms with Crippen molar-refractivity contribution in [2.24, 2.45) is 0 Å². The molecule has 1 atom stereocenters. The van der Waals surface area contributed by atoms with Crippen molar-refractivity contribution < 1.29 is 18.4 Å². The van der Waals surface area contributed by atoms with Crippen molar-refractivity contribution in [2.75, 3.05) is 10.6 Å². The molecule has 0 aliphatic carbocycles. The summed E-state index contributed by atoms with van der Waals surface area (Å²) in [5.74, 6) is -1.70. The van der Waals surface area contributed by atoms with Gasteiger partial charge < -0.3 is 15.1 Å². The Hall–Kier alpha value is -3.93. The maximum atomic E-state index is 13.5. The smallest absolute Gasteiger partial charge is 0.293 e. The second kappa shape index (κ2) is 8.83. The largest absolute Gasteiger partial charge is 0.449 e. The lowest BCUT2D eigenvalue weighted by Crippen LogP contribution is -2.22. The number of anilines is 2. The second-order valence-electron chi connectivity index (χ2n) is 7.13. The molecule has 6 heteroatoms. The summed E-state index contributed by atoms with van der Waals surface area (Å²) in [5, 5.41) is 6.13. The van der Waals surface area contributed by atoms with E-state index in [4.69, 9.17) is 4.42 Å². The average molecular weight is 416 g/mol. The zero-order chi connectivity index (χ0) is 21.8. The number of carbonyl (C=O) groups excluding carboxylic acids is 2. The van der Waals surface area contributed by atoms with E-state index < -0.39 is 11.7 Å². The van der Waals surface area contributed by atoms with Crippen molar-refractivity contribution in [1.29, 1.82) is 0 Å². The van der Waals surface area contributed by atoms with Crippen LogP contribution in [0, 0.1) is 5.82 Å². The first-order chi connectivity index (χ1) is 15.1. The Morgan fingerprint density at radius 2 is 1.68 bits per heavy atom. The predicted octanol–water partition coefficient (Wildman–Crippen LogP) is 5.96. The zero-order valence-electron chi connectivity index (χ0n) is 16.9. The van der Waals surface area contributed by atoms with Gasteiger partial charge in [-0.25, -0.2) is 4.39 Å². The summed E-state index contributed by atoms with van der Waals surface area (Å²) >= 11 is 0. The highest BCUT2D eigenvalue weighted by Gasteiger charge is 2.26. The summed E-state index contributed by atoms with van der Waals surface area (Å²) in [6, 6.07) is 22.1. The Labute approximate surface area is 178 Å². The van der Waals surface area contributed by atoms with E-state index in [-0.39, 0.29) is 17.6 Å². The molecule has 0 radical (unpaired) electrons. The first kappa shape index (κ1) is 20.3. The van der Waals surface area contributed by atoms with Crippen LogP contribution in [0.5, 0.6) is 0 Å². The van der Waals surface area contributed by atoms with Crippen LogP contribution in [0.1, 0.15) is 35.4 Å². The van der Waals surface area contributed by atoms with Crippen molar-refractivity contribution >= 4 is 34.2 Å². The van der Waals surface area contributed by atoms with Gasteiger partial charge in [0.25, 0.3) is 5.91 Å². The van der Waals surface area contributed by atoms with Crippen LogP contribution in [0.15, 0.2) is 83.3 Å². The third-order valence-corrected chi connectivity index (χ3v) is 5.06. The fraction of sp³-hybridized carbons (Fsp3) is 0.120. The van der Waals surface area contributed by atoms with E-state index in [2.05, 4.69) is 10.6 Å². The number of fused-ring (bicyclic) bond motifs is 1. The number of halogens is 1. The predicted molar refractivity (Wildman–Crippen MR) is 119 cm³/mol. The molecular formula is C25H21FN2O3. The number of benzene rings is 3. The van der Waals surface area contributed by atoms with Gasteiger partial charge >= 0.3 is 0 Å². The number of nitrogens with one attached hydrogen (secondary N) is 2. The van der Waals surface area contributed by atoms with Gasteiger partial charge in [-0.1, -0.05) is 55.5 Å². The van der Waals surface area contributed by atoms with Gasteiger partial charge in [0.1, 0.15) is 17.1 Å². The number of para-hydroxylation sites is 1. The number of furan rings is 1. The Balaban J connectivity index is 1.68. The molecule has 2 N–H and O–H groups in total. The quantitative estimate of drug-likeness (QED) is 0.408. The van der Waals surface area contributed by atoms with Gasteiger partial charge in [0.15, 0.2) is 0 Å². The van der Waals surface area contributed by atoms with Gasteiger partial charge in [-0.3, -0.25) is 9.59 Å². The summed E-state index contributed by atoms with van der Waals surface area (Å²) in [6.45, 7) is 1.93. The third-order valence-electron chi connectivity index (χ3n) is 5.06. The van der Waals surface area contributed by atoms with Gasteiger partial charge in [0.2, 0.25) is 11.7 Å². The lowest BCUT2D eigenvalue weighted by atomic mass is 9.95. The van der Waals surface area contributed by atoms with Crippen molar-refractivity contribution in [2.45, 2.75) is 19.3 Å². The van der Waals surface area contributed by atoms with Crippen LogP contribution in [-0.4, -0.2) is 11.8 Å². The van der Waals surface area contributed by atoms with Crippen molar-refractivity contribution in [3.63, 3.8) is 0 Å². The van der Waals surface area contributed by atoms with Gasteiger partial charge in [-0.15, -0.1) is 0 Å². The van der Waals surface area contributed by atoms with Crippen LogP contribution in [-0.2, 0) is 4.79 Å². The van der Waals surface area contributed by atoms with Crippen LogP contribution in [0.2, 0.25) is 0 Å². The van der Waals surface area contributed by atoms with Gasteiger partial charge in [0, 0.05) is 11.1 Å². The van der Waals surface area contributed by atoms with Crippen LogP contribution in [0.25, 0.3) is 11.0 Å².